The van der Waals surface area contributed by atoms with Crippen LogP contribution in [0.5, 0.6) is 0 Å². The van der Waals surface area contributed by atoms with Crippen molar-refractivity contribution in [3.8, 4) is 0 Å². The van der Waals surface area contributed by atoms with Crippen LogP contribution >= 0.6 is 0 Å². The Morgan fingerprint density at radius 3 is 2.29 bits per heavy atom. The van der Waals surface area contributed by atoms with E-state index in [9.17, 15) is 5.11 Å². The van der Waals surface area contributed by atoms with E-state index in [2.05, 4.69) is 59.8 Å². The van der Waals surface area contributed by atoms with E-state index >= 15 is 0 Å². The summed E-state index contributed by atoms with van der Waals surface area (Å²) in [4.78, 5) is 5.50. The Kier molecular flexibility index (Phi) is 6.50. The molecule has 6 rings (SSSR count). The standard InChI is InChI=1S/C33H47NO4/c1-30(2,3)22-7-11-32(6,12-8-22)29-26-27(33(38-29)13-17-37-18-14-33)25-23(19-31(4,5)20-24(25)35)34-28(26)21-9-15-36-16-10-21/h7-8,11,21,24,29,35H,9-10,12-20H2,1-6H3/t24-,29?,32?/m0/s1. The zero-order chi connectivity index (χ0) is 26.9. The summed E-state index contributed by atoms with van der Waals surface area (Å²) in [5.74, 6) is 0.364. The number of fused-ring (bicyclic) bond motifs is 4. The fourth-order valence-electron chi connectivity index (χ4n) is 7.74. The molecule has 0 radical (unpaired) electrons. The van der Waals surface area contributed by atoms with Crippen molar-refractivity contribution < 1.29 is 19.3 Å². The van der Waals surface area contributed by atoms with Gasteiger partial charge in [0, 0.05) is 67.4 Å². The Hall–Kier alpha value is -1.53. The van der Waals surface area contributed by atoms with E-state index in [4.69, 9.17) is 19.2 Å². The summed E-state index contributed by atoms with van der Waals surface area (Å²) in [6, 6.07) is 0. The average Bonchev–Trinajstić information content (AvgIpc) is 3.18. The lowest BCUT2D eigenvalue weighted by Crippen LogP contribution is -2.37. The summed E-state index contributed by atoms with van der Waals surface area (Å²) in [5, 5.41) is 11.7. The van der Waals surface area contributed by atoms with Crippen molar-refractivity contribution in [2.24, 2.45) is 16.2 Å². The molecule has 38 heavy (non-hydrogen) atoms. The molecular weight excluding hydrogens is 474 g/mol. The normalized spacial score (nSPS) is 32.7. The van der Waals surface area contributed by atoms with Crippen LogP contribution in [0.15, 0.2) is 23.8 Å². The molecule has 2 saturated heterocycles. The Bertz CT molecular complexity index is 1150. The molecule has 2 unspecified atom stereocenters. The Balaban J connectivity index is 1.56. The number of aliphatic hydroxyl groups excluding tert-OH is 1. The number of pyridine rings is 1. The molecule has 1 aromatic rings. The van der Waals surface area contributed by atoms with Crippen LogP contribution in [0.1, 0.15) is 126 Å². The van der Waals surface area contributed by atoms with Crippen molar-refractivity contribution in [2.75, 3.05) is 26.4 Å². The molecule has 3 atom stereocenters. The van der Waals surface area contributed by atoms with Crippen molar-refractivity contribution in [3.63, 3.8) is 0 Å². The zero-order valence-electron chi connectivity index (χ0n) is 24.4. The smallest absolute Gasteiger partial charge is 0.0992 e. The zero-order valence-corrected chi connectivity index (χ0v) is 24.4. The fourth-order valence-corrected chi connectivity index (χ4v) is 7.74. The highest BCUT2D eigenvalue weighted by atomic mass is 16.5. The minimum atomic E-state index is -0.511. The number of aromatic nitrogens is 1. The molecule has 5 nitrogen and oxygen atoms in total. The van der Waals surface area contributed by atoms with Gasteiger partial charge in [-0.25, -0.2) is 0 Å². The van der Waals surface area contributed by atoms with Crippen LogP contribution < -0.4 is 0 Å². The van der Waals surface area contributed by atoms with Gasteiger partial charge in [-0.15, -0.1) is 0 Å². The highest BCUT2D eigenvalue weighted by molar-refractivity contribution is 5.53. The van der Waals surface area contributed by atoms with Crippen molar-refractivity contribution in [2.45, 2.75) is 110 Å². The first-order valence-corrected chi connectivity index (χ1v) is 14.9. The molecule has 208 valence electrons. The minimum absolute atomic E-state index is 0.0224. The predicted molar refractivity (Wildman–Crippen MR) is 149 cm³/mol. The topological polar surface area (TPSA) is 60.8 Å². The number of ether oxygens (including phenoxy) is 3. The lowest BCUT2D eigenvalue weighted by Gasteiger charge is -2.41. The van der Waals surface area contributed by atoms with E-state index < -0.39 is 11.7 Å². The van der Waals surface area contributed by atoms with Gasteiger partial charge in [0.25, 0.3) is 0 Å². The molecule has 1 N–H and O–H groups in total. The first-order chi connectivity index (χ1) is 17.9. The molecular formula is C33H47NO4. The summed E-state index contributed by atoms with van der Waals surface area (Å²) in [5.41, 5.74) is 6.90. The van der Waals surface area contributed by atoms with E-state index in [0.29, 0.717) is 19.1 Å². The predicted octanol–water partition coefficient (Wildman–Crippen LogP) is 7.00. The van der Waals surface area contributed by atoms with Gasteiger partial charge < -0.3 is 19.3 Å². The average molecular weight is 522 g/mol. The molecule has 4 heterocycles. The Labute approximate surface area is 229 Å². The van der Waals surface area contributed by atoms with Gasteiger partial charge in [-0.1, -0.05) is 59.8 Å². The van der Waals surface area contributed by atoms with Crippen LogP contribution in [0.4, 0.5) is 0 Å². The molecule has 2 aliphatic carbocycles. The van der Waals surface area contributed by atoms with E-state index in [1.165, 1.54) is 22.4 Å². The Morgan fingerprint density at radius 2 is 1.66 bits per heavy atom. The number of aliphatic hydroxyl groups is 1. The van der Waals surface area contributed by atoms with E-state index in [1.807, 2.05) is 0 Å². The van der Waals surface area contributed by atoms with Crippen molar-refractivity contribution in [1.29, 1.82) is 0 Å². The third kappa shape index (κ3) is 4.42. The number of nitrogens with zero attached hydrogens (tertiary/aromatic N) is 1. The van der Waals surface area contributed by atoms with Crippen LogP contribution in [-0.4, -0.2) is 36.5 Å². The van der Waals surface area contributed by atoms with Crippen LogP contribution in [-0.2, 0) is 26.2 Å². The van der Waals surface area contributed by atoms with Gasteiger partial charge in [-0.3, -0.25) is 4.98 Å². The summed E-state index contributed by atoms with van der Waals surface area (Å²) in [6.07, 6.45) is 12.8. The van der Waals surface area contributed by atoms with Crippen LogP contribution in [0.25, 0.3) is 0 Å². The summed E-state index contributed by atoms with van der Waals surface area (Å²) in [6.45, 7) is 16.7. The number of rotatable bonds is 2. The molecule has 0 bridgehead atoms. The lowest BCUT2D eigenvalue weighted by atomic mass is 9.67. The van der Waals surface area contributed by atoms with Crippen molar-refractivity contribution >= 4 is 0 Å². The first kappa shape index (κ1) is 26.7. The Morgan fingerprint density at radius 1 is 0.974 bits per heavy atom. The van der Waals surface area contributed by atoms with E-state index in [0.717, 1.165) is 69.4 Å². The lowest BCUT2D eigenvalue weighted by molar-refractivity contribution is -0.155. The molecule has 1 spiro atoms. The van der Waals surface area contributed by atoms with Crippen molar-refractivity contribution in [1.82, 2.24) is 4.98 Å². The second-order valence-corrected chi connectivity index (χ2v) is 14.7. The monoisotopic (exact) mass is 521 g/mol. The molecule has 5 heteroatoms. The van der Waals surface area contributed by atoms with Gasteiger partial charge in [0.1, 0.15) is 0 Å². The highest BCUT2D eigenvalue weighted by Crippen LogP contribution is 2.61. The number of hydrogen-bond donors (Lipinski definition) is 1. The molecule has 2 fully saturated rings. The maximum absolute atomic E-state index is 11.7. The molecule has 0 aromatic carbocycles. The van der Waals surface area contributed by atoms with Gasteiger partial charge in [-0.05, 0) is 54.1 Å². The summed E-state index contributed by atoms with van der Waals surface area (Å²) >= 11 is 0. The highest BCUT2D eigenvalue weighted by Gasteiger charge is 2.56. The fraction of sp³-hybridized carbons (Fsp3) is 0.727. The third-order valence-corrected chi connectivity index (χ3v) is 9.95. The molecule has 0 saturated carbocycles. The van der Waals surface area contributed by atoms with Gasteiger partial charge in [0.15, 0.2) is 0 Å². The van der Waals surface area contributed by atoms with Crippen LogP contribution in [0, 0.1) is 16.2 Å². The van der Waals surface area contributed by atoms with E-state index in [-0.39, 0.29) is 22.3 Å². The number of allylic oxidation sites excluding steroid dienone is 3. The maximum atomic E-state index is 11.7. The largest absolute Gasteiger partial charge is 0.388 e. The maximum Gasteiger partial charge on any atom is 0.0992 e. The van der Waals surface area contributed by atoms with Gasteiger partial charge in [-0.2, -0.15) is 0 Å². The first-order valence-electron chi connectivity index (χ1n) is 14.9. The molecule has 3 aliphatic heterocycles. The van der Waals surface area contributed by atoms with Gasteiger partial charge in [0.05, 0.1) is 23.5 Å². The van der Waals surface area contributed by atoms with Crippen molar-refractivity contribution in [3.05, 3.63) is 51.9 Å². The molecule has 1 aromatic heterocycles. The van der Waals surface area contributed by atoms with Crippen LogP contribution in [0.3, 0.4) is 0 Å². The van der Waals surface area contributed by atoms with Gasteiger partial charge in [0.2, 0.25) is 0 Å². The van der Waals surface area contributed by atoms with Crippen LogP contribution in [0.2, 0.25) is 0 Å². The molecule has 5 aliphatic rings. The second kappa shape index (κ2) is 9.26. The SMILES string of the molecule is CC1(C)Cc2nc(C3CCOCC3)c3c(c2[C@@H](O)C1)C1(CCOCC1)OC3C1(C)C=CC(C(C)(C)C)=CC1. The summed E-state index contributed by atoms with van der Waals surface area (Å²) in [7, 11) is 0. The summed E-state index contributed by atoms with van der Waals surface area (Å²) < 4.78 is 19.0. The number of hydrogen-bond acceptors (Lipinski definition) is 5. The van der Waals surface area contributed by atoms with Gasteiger partial charge >= 0.3 is 0 Å². The minimum Gasteiger partial charge on any atom is -0.388 e. The third-order valence-electron chi connectivity index (χ3n) is 9.95. The second-order valence-electron chi connectivity index (χ2n) is 14.7. The molecule has 0 amide bonds. The van der Waals surface area contributed by atoms with E-state index in [1.54, 1.807) is 0 Å². The quantitative estimate of drug-likeness (QED) is 0.454.